The summed E-state index contributed by atoms with van der Waals surface area (Å²) in [4.78, 5) is 29.3. The lowest BCUT2D eigenvalue weighted by molar-refractivity contribution is 0.0502. The number of nitrogens with one attached hydrogen (secondary N) is 2. The fraction of sp³-hybridized carbons (Fsp3) is 0.316. The van der Waals surface area contributed by atoms with Gasteiger partial charge < -0.3 is 10.1 Å². The molecule has 2 heterocycles. The minimum absolute atomic E-state index is 0.0143. The first-order valence-corrected chi connectivity index (χ1v) is 9.53. The molecule has 1 atom stereocenters. The Bertz CT molecular complexity index is 1100. The molecule has 0 radical (unpaired) electrons. The molecule has 29 heavy (non-hydrogen) atoms. The Kier molecular flexibility index (Phi) is 5.74. The number of hydrogen-bond acceptors (Lipinski definition) is 4. The van der Waals surface area contributed by atoms with E-state index in [9.17, 15) is 18.4 Å². The lowest BCUT2D eigenvalue weighted by Crippen LogP contribution is -2.37. The molecule has 0 aliphatic rings. The Morgan fingerprint density at radius 1 is 1.31 bits per heavy atom. The number of carbonyl (C=O) groups is 1. The second-order valence-electron chi connectivity index (χ2n) is 7.45. The molecule has 3 rings (SSSR count). The summed E-state index contributed by atoms with van der Waals surface area (Å²) in [5.74, 6) is -1.49. The summed E-state index contributed by atoms with van der Waals surface area (Å²) < 4.78 is 33.9. The summed E-state index contributed by atoms with van der Waals surface area (Å²) in [5, 5.41) is 5.38. The third kappa shape index (κ3) is 5.00. The molecule has 3 aromatic rings. The minimum atomic E-state index is -0.881. The van der Waals surface area contributed by atoms with Crippen molar-refractivity contribution in [3.05, 3.63) is 68.2 Å². The van der Waals surface area contributed by atoms with E-state index in [4.69, 9.17) is 4.74 Å². The molecule has 1 amide bonds. The highest BCUT2D eigenvalue weighted by Gasteiger charge is 2.26. The maximum Gasteiger partial charge on any atom is 0.408 e. The Labute approximate surface area is 173 Å². The van der Waals surface area contributed by atoms with Crippen LogP contribution in [-0.2, 0) is 11.2 Å². The van der Waals surface area contributed by atoms with Crippen molar-refractivity contribution in [3.63, 3.8) is 0 Å². The van der Waals surface area contributed by atoms with E-state index in [0.717, 1.165) is 18.2 Å². The van der Waals surface area contributed by atoms with Crippen molar-refractivity contribution >= 4 is 27.7 Å². The fourth-order valence-electron chi connectivity index (χ4n) is 2.82. The zero-order chi connectivity index (χ0) is 21.3. The van der Waals surface area contributed by atoms with Crippen LogP contribution in [0.4, 0.5) is 13.6 Å². The van der Waals surface area contributed by atoms with Gasteiger partial charge in [-0.2, -0.15) is 0 Å². The van der Waals surface area contributed by atoms with Gasteiger partial charge in [-0.15, -0.1) is 0 Å². The zero-order valence-corrected chi connectivity index (χ0v) is 17.5. The van der Waals surface area contributed by atoms with Crippen LogP contribution in [0.15, 0.2) is 39.7 Å². The fourth-order valence-corrected chi connectivity index (χ4v) is 3.36. The number of hydrogen-bond donors (Lipinski definition) is 2. The number of aromatic amines is 1. The lowest BCUT2D eigenvalue weighted by Gasteiger charge is -2.24. The van der Waals surface area contributed by atoms with Crippen LogP contribution in [0.2, 0.25) is 0 Å². The van der Waals surface area contributed by atoms with Gasteiger partial charge in [0.25, 0.3) is 5.56 Å². The zero-order valence-electron chi connectivity index (χ0n) is 15.9. The van der Waals surface area contributed by atoms with Crippen LogP contribution in [0.1, 0.15) is 38.1 Å². The van der Waals surface area contributed by atoms with Gasteiger partial charge in [0.1, 0.15) is 21.7 Å². The number of rotatable bonds is 4. The first-order valence-electron chi connectivity index (χ1n) is 8.73. The van der Waals surface area contributed by atoms with Crippen molar-refractivity contribution in [2.24, 2.45) is 0 Å². The highest BCUT2D eigenvalue weighted by molar-refractivity contribution is 9.10. The number of carbonyl (C=O) groups excluding carboxylic acids is 1. The van der Waals surface area contributed by atoms with Crippen molar-refractivity contribution in [2.45, 2.75) is 38.8 Å². The predicted octanol–water partition coefficient (Wildman–Crippen LogP) is 3.87. The second kappa shape index (κ2) is 7.94. The summed E-state index contributed by atoms with van der Waals surface area (Å²) in [6.07, 6.45) is 0.778. The smallest absolute Gasteiger partial charge is 0.408 e. The summed E-state index contributed by atoms with van der Waals surface area (Å²) in [6, 6.07) is 3.77. The van der Waals surface area contributed by atoms with E-state index in [1.54, 1.807) is 26.8 Å². The van der Waals surface area contributed by atoms with E-state index in [2.05, 4.69) is 31.3 Å². The van der Waals surface area contributed by atoms with Gasteiger partial charge >= 0.3 is 6.09 Å². The third-order valence-corrected chi connectivity index (χ3v) is 4.64. The quantitative estimate of drug-likeness (QED) is 0.608. The lowest BCUT2D eigenvalue weighted by atomic mass is 10.0. The number of aromatic nitrogens is 3. The molecular weight excluding hydrogens is 450 g/mol. The molecule has 7 nitrogen and oxygen atoms in total. The number of fused-ring (bicyclic) bond motifs is 1. The molecule has 0 saturated heterocycles. The van der Waals surface area contributed by atoms with E-state index in [0.29, 0.717) is 5.65 Å². The number of amides is 1. The van der Waals surface area contributed by atoms with E-state index < -0.39 is 34.9 Å². The Balaban J connectivity index is 2.03. The van der Waals surface area contributed by atoms with Crippen molar-refractivity contribution in [2.75, 3.05) is 0 Å². The van der Waals surface area contributed by atoms with E-state index in [-0.39, 0.29) is 22.2 Å². The van der Waals surface area contributed by atoms with Gasteiger partial charge in [-0.1, -0.05) is 0 Å². The largest absolute Gasteiger partial charge is 0.444 e. The number of alkyl carbamates (subject to hydrolysis) is 1. The molecule has 0 spiro atoms. The molecule has 0 fully saturated rings. The van der Waals surface area contributed by atoms with Gasteiger partial charge in [0.15, 0.2) is 5.65 Å². The van der Waals surface area contributed by atoms with Crippen LogP contribution in [0.5, 0.6) is 0 Å². The van der Waals surface area contributed by atoms with Crippen molar-refractivity contribution < 1.29 is 18.3 Å². The average Bonchev–Trinajstić information content (AvgIpc) is 3.03. The van der Waals surface area contributed by atoms with Crippen LogP contribution < -0.4 is 10.9 Å². The van der Waals surface area contributed by atoms with Crippen molar-refractivity contribution in [1.82, 2.24) is 19.9 Å². The van der Waals surface area contributed by atoms with Gasteiger partial charge in [0.05, 0.1) is 11.7 Å². The Hall–Kier alpha value is -2.75. The van der Waals surface area contributed by atoms with E-state index >= 15 is 0 Å². The van der Waals surface area contributed by atoms with E-state index in [1.807, 2.05) is 0 Å². The molecule has 2 N–H and O–H groups in total. The van der Waals surface area contributed by atoms with Gasteiger partial charge in [-0.3, -0.25) is 9.89 Å². The number of halogens is 3. The first-order chi connectivity index (χ1) is 13.5. The summed E-state index contributed by atoms with van der Waals surface area (Å²) in [6.45, 7) is 5.11. The molecule has 0 aliphatic heterocycles. The number of benzene rings is 1. The van der Waals surface area contributed by atoms with Gasteiger partial charge in [-0.05, 0) is 60.8 Å². The van der Waals surface area contributed by atoms with Crippen LogP contribution in [-0.4, -0.2) is 26.3 Å². The molecule has 2 aromatic heterocycles. The number of nitrogens with zero attached hydrogens (tertiary/aromatic N) is 2. The SMILES string of the molecule is CC(C)(C)OC(=O)N[C@@H](Cc1cc(F)cc(F)c1)c1nc2cc[nH]n2c(=O)c1Br. The van der Waals surface area contributed by atoms with Gasteiger partial charge in [-0.25, -0.2) is 23.1 Å². The molecule has 0 aliphatic carbocycles. The molecule has 0 bridgehead atoms. The minimum Gasteiger partial charge on any atom is -0.444 e. The summed E-state index contributed by atoms with van der Waals surface area (Å²) >= 11 is 3.22. The van der Waals surface area contributed by atoms with Crippen molar-refractivity contribution in [1.29, 1.82) is 0 Å². The maximum absolute atomic E-state index is 13.6. The number of H-pyrrole nitrogens is 1. The normalized spacial score (nSPS) is 12.8. The van der Waals surface area contributed by atoms with Crippen LogP contribution >= 0.6 is 15.9 Å². The predicted molar refractivity (Wildman–Crippen MR) is 106 cm³/mol. The van der Waals surface area contributed by atoms with Gasteiger partial charge in [0, 0.05) is 18.3 Å². The van der Waals surface area contributed by atoms with Crippen LogP contribution in [0, 0.1) is 11.6 Å². The van der Waals surface area contributed by atoms with Crippen molar-refractivity contribution in [3.8, 4) is 0 Å². The average molecular weight is 469 g/mol. The number of ether oxygens (including phenoxy) is 1. The monoisotopic (exact) mass is 468 g/mol. The summed E-state index contributed by atoms with van der Waals surface area (Å²) in [5.41, 5.74) is -0.350. The van der Waals surface area contributed by atoms with Crippen LogP contribution in [0.25, 0.3) is 5.65 Å². The Morgan fingerprint density at radius 3 is 2.59 bits per heavy atom. The highest BCUT2D eigenvalue weighted by Crippen LogP contribution is 2.24. The van der Waals surface area contributed by atoms with Crippen LogP contribution in [0.3, 0.4) is 0 Å². The topological polar surface area (TPSA) is 88.5 Å². The Morgan fingerprint density at radius 2 is 1.97 bits per heavy atom. The second-order valence-corrected chi connectivity index (χ2v) is 8.25. The third-order valence-electron chi connectivity index (χ3n) is 3.90. The van der Waals surface area contributed by atoms with Gasteiger partial charge in [0.2, 0.25) is 0 Å². The van der Waals surface area contributed by atoms with E-state index in [1.165, 1.54) is 10.7 Å². The molecule has 1 aromatic carbocycles. The molecular formula is C19H19BrF2N4O3. The standard InChI is InChI=1S/C19H19BrF2N4O3/c1-19(2,3)29-18(28)24-13(8-10-6-11(21)9-12(22)7-10)16-15(20)17(27)26-14(25-16)4-5-23-26/h4-7,9,13,23H,8H2,1-3H3,(H,24,28)/t13-/m0/s1. The molecule has 0 unspecified atom stereocenters. The molecule has 10 heteroatoms. The highest BCUT2D eigenvalue weighted by atomic mass is 79.9. The first kappa shape index (κ1) is 21.0. The summed E-state index contributed by atoms with van der Waals surface area (Å²) in [7, 11) is 0. The molecule has 0 saturated carbocycles. The maximum atomic E-state index is 13.6. The molecule has 154 valence electrons.